The first kappa shape index (κ1) is 14.7. The number of fused-ring (bicyclic) bond motifs is 1. The number of aryl methyl sites for hydroxylation is 1. The number of benzene rings is 2. The van der Waals surface area contributed by atoms with Gasteiger partial charge in [0.2, 0.25) is 0 Å². The van der Waals surface area contributed by atoms with Crippen LogP contribution in [0.25, 0.3) is 6.08 Å². The van der Waals surface area contributed by atoms with Gasteiger partial charge in [-0.1, -0.05) is 37.3 Å². The molecule has 3 rings (SSSR count). The largest absolute Gasteiger partial charge is 0.496 e. The first-order chi connectivity index (χ1) is 10.6. The first-order valence-electron chi connectivity index (χ1n) is 7.72. The summed E-state index contributed by atoms with van der Waals surface area (Å²) in [6.07, 6.45) is 4.23. The SMILES string of the molecule is CC=Cc1ccc2c(c1)[C@H](C)[C@H](c1ccc(C)c(OC)c1)O2. The summed E-state index contributed by atoms with van der Waals surface area (Å²) in [5.74, 6) is 2.23. The van der Waals surface area contributed by atoms with Crippen molar-refractivity contribution in [2.75, 3.05) is 7.11 Å². The van der Waals surface area contributed by atoms with Crippen LogP contribution >= 0.6 is 0 Å². The smallest absolute Gasteiger partial charge is 0.131 e. The summed E-state index contributed by atoms with van der Waals surface area (Å²) in [4.78, 5) is 0. The Labute approximate surface area is 132 Å². The van der Waals surface area contributed by atoms with Crippen LogP contribution < -0.4 is 9.47 Å². The quantitative estimate of drug-likeness (QED) is 0.767. The van der Waals surface area contributed by atoms with E-state index < -0.39 is 0 Å². The zero-order valence-electron chi connectivity index (χ0n) is 13.6. The van der Waals surface area contributed by atoms with Gasteiger partial charge in [0.05, 0.1) is 7.11 Å². The Bertz CT molecular complexity index is 716. The van der Waals surface area contributed by atoms with E-state index in [0.29, 0.717) is 5.92 Å². The number of rotatable bonds is 3. The summed E-state index contributed by atoms with van der Waals surface area (Å²) in [6.45, 7) is 6.32. The number of hydrogen-bond donors (Lipinski definition) is 0. The second kappa shape index (κ2) is 5.88. The van der Waals surface area contributed by atoms with Crippen molar-refractivity contribution in [2.24, 2.45) is 0 Å². The van der Waals surface area contributed by atoms with Gasteiger partial charge in [-0.05, 0) is 48.7 Å². The molecule has 0 bridgehead atoms. The van der Waals surface area contributed by atoms with E-state index in [0.717, 1.165) is 17.1 Å². The molecule has 114 valence electrons. The fourth-order valence-corrected chi connectivity index (χ4v) is 3.10. The lowest BCUT2D eigenvalue weighted by Crippen LogP contribution is -2.07. The highest BCUT2D eigenvalue weighted by Crippen LogP contribution is 2.46. The molecule has 0 radical (unpaired) electrons. The molecule has 0 saturated heterocycles. The number of hydrogen-bond acceptors (Lipinski definition) is 2. The van der Waals surface area contributed by atoms with Gasteiger partial charge in [0.1, 0.15) is 17.6 Å². The minimum Gasteiger partial charge on any atom is -0.496 e. The molecule has 1 heterocycles. The molecule has 0 saturated carbocycles. The molecule has 0 fully saturated rings. The molecular weight excluding hydrogens is 272 g/mol. The molecule has 0 aromatic heterocycles. The van der Waals surface area contributed by atoms with E-state index in [9.17, 15) is 0 Å². The Balaban J connectivity index is 1.95. The highest BCUT2D eigenvalue weighted by molar-refractivity contribution is 5.56. The standard InChI is InChI=1S/C20H22O2/c1-5-6-15-8-10-18-17(11-15)14(3)20(22-18)16-9-7-13(2)19(12-16)21-4/h5-12,14,20H,1-4H3/t14-,20+/m0/s1. The van der Waals surface area contributed by atoms with Crippen LogP contribution in [0.1, 0.15) is 48.1 Å². The third-order valence-corrected chi connectivity index (χ3v) is 4.35. The molecule has 0 N–H and O–H groups in total. The van der Waals surface area contributed by atoms with Crippen molar-refractivity contribution in [1.82, 2.24) is 0 Å². The lowest BCUT2D eigenvalue weighted by Gasteiger charge is -2.17. The minimum absolute atomic E-state index is 0.0466. The predicted octanol–water partition coefficient (Wildman–Crippen LogP) is 5.27. The zero-order valence-corrected chi connectivity index (χ0v) is 13.6. The highest BCUT2D eigenvalue weighted by Gasteiger charge is 2.32. The lowest BCUT2D eigenvalue weighted by atomic mass is 9.91. The second-order valence-corrected chi connectivity index (χ2v) is 5.85. The number of ether oxygens (including phenoxy) is 2. The summed E-state index contributed by atoms with van der Waals surface area (Å²) in [7, 11) is 1.71. The molecule has 2 aromatic carbocycles. The second-order valence-electron chi connectivity index (χ2n) is 5.85. The third kappa shape index (κ3) is 2.50. The summed E-state index contributed by atoms with van der Waals surface area (Å²) >= 11 is 0. The van der Waals surface area contributed by atoms with Gasteiger partial charge in [-0.2, -0.15) is 0 Å². The molecule has 0 unspecified atom stereocenters. The molecule has 22 heavy (non-hydrogen) atoms. The average molecular weight is 294 g/mol. The maximum Gasteiger partial charge on any atom is 0.131 e. The van der Waals surface area contributed by atoms with Gasteiger partial charge >= 0.3 is 0 Å². The van der Waals surface area contributed by atoms with Crippen LogP contribution in [-0.4, -0.2) is 7.11 Å². The van der Waals surface area contributed by atoms with E-state index in [1.54, 1.807) is 7.11 Å². The number of methoxy groups -OCH3 is 1. The average Bonchev–Trinajstić information content (AvgIpc) is 2.85. The van der Waals surface area contributed by atoms with Gasteiger partial charge in [0, 0.05) is 11.5 Å². The zero-order chi connectivity index (χ0) is 15.7. The highest BCUT2D eigenvalue weighted by atomic mass is 16.5. The summed E-state index contributed by atoms with van der Waals surface area (Å²) in [6, 6.07) is 12.7. The van der Waals surface area contributed by atoms with E-state index in [1.807, 2.05) is 6.92 Å². The van der Waals surface area contributed by atoms with Crippen LogP contribution in [0.15, 0.2) is 42.5 Å². The van der Waals surface area contributed by atoms with Crippen LogP contribution in [-0.2, 0) is 0 Å². The summed E-state index contributed by atoms with van der Waals surface area (Å²) in [5.41, 5.74) is 4.81. The molecule has 2 heteroatoms. The maximum absolute atomic E-state index is 6.20. The Morgan fingerprint density at radius 1 is 1.14 bits per heavy atom. The Kier molecular flexibility index (Phi) is 3.93. The Hall–Kier alpha value is -2.22. The van der Waals surface area contributed by atoms with Crippen molar-refractivity contribution in [3.8, 4) is 11.5 Å². The van der Waals surface area contributed by atoms with Gasteiger partial charge in [-0.15, -0.1) is 0 Å². The van der Waals surface area contributed by atoms with E-state index in [-0.39, 0.29) is 6.10 Å². The Morgan fingerprint density at radius 3 is 2.68 bits per heavy atom. The van der Waals surface area contributed by atoms with Crippen LogP contribution in [0, 0.1) is 6.92 Å². The molecule has 2 atom stereocenters. The van der Waals surface area contributed by atoms with E-state index >= 15 is 0 Å². The molecule has 0 spiro atoms. The molecule has 1 aliphatic rings. The lowest BCUT2D eigenvalue weighted by molar-refractivity contribution is 0.215. The third-order valence-electron chi connectivity index (χ3n) is 4.35. The maximum atomic E-state index is 6.20. The van der Waals surface area contributed by atoms with Gasteiger partial charge in [0.25, 0.3) is 0 Å². The monoisotopic (exact) mass is 294 g/mol. The predicted molar refractivity (Wildman–Crippen MR) is 90.7 cm³/mol. The van der Waals surface area contributed by atoms with Crippen molar-refractivity contribution < 1.29 is 9.47 Å². The van der Waals surface area contributed by atoms with Gasteiger partial charge in [-0.3, -0.25) is 0 Å². The molecule has 2 nitrogen and oxygen atoms in total. The van der Waals surface area contributed by atoms with Crippen molar-refractivity contribution in [2.45, 2.75) is 32.8 Å². The van der Waals surface area contributed by atoms with Crippen LogP contribution in [0.2, 0.25) is 0 Å². The van der Waals surface area contributed by atoms with Gasteiger partial charge in [0.15, 0.2) is 0 Å². The fourth-order valence-electron chi connectivity index (χ4n) is 3.10. The first-order valence-corrected chi connectivity index (χ1v) is 7.72. The van der Waals surface area contributed by atoms with Crippen LogP contribution in [0.5, 0.6) is 11.5 Å². The van der Waals surface area contributed by atoms with Crippen molar-refractivity contribution in [1.29, 1.82) is 0 Å². The minimum atomic E-state index is 0.0466. The molecule has 1 aliphatic heterocycles. The molecule has 2 aromatic rings. The van der Waals surface area contributed by atoms with Gasteiger partial charge < -0.3 is 9.47 Å². The summed E-state index contributed by atoms with van der Waals surface area (Å²) < 4.78 is 11.6. The van der Waals surface area contributed by atoms with Gasteiger partial charge in [-0.25, -0.2) is 0 Å². The van der Waals surface area contributed by atoms with Crippen molar-refractivity contribution in [3.63, 3.8) is 0 Å². The van der Waals surface area contributed by atoms with E-state index in [1.165, 1.54) is 16.7 Å². The van der Waals surface area contributed by atoms with Crippen molar-refractivity contribution in [3.05, 3.63) is 64.7 Å². The van der Waals surface area contributed by atoms with E-state index in [4.69, 9.17) is 9.47 Å². The van der Waals surface area contributed by atoms with Crippen molar-refractivity contribution >= 4 is 6.08 Å². The normalized spacial score (nSPS) is 20.0. The molecule has 0 aliphatic carbocycles. The fraction of sp³-hybridized carbons (Fsp3) is 0.300. The Morgan fingerprint density at radius 2 is 1.95 bits per heavy atom. The van der Waals surface area contributed by atoms with Crippen LogP contribution in [0.4, 0.5) is 0 Å². The van der Waals surface area contributed by atoms with Crippen LogP contribution in [0.3, 0.4) is 0 Å². The topological polar surface area (TPSA) is 18.5 Å². The molecule has 0 amide bonds. The number of allylic oxidation sites excluding steroid dienone is 1. The summed E-state index contributed by atoms with van der Waals surface area (Å²) in [5, 5.41) is 0. The van der Waals surface area contributed by atoms with E-state index in [2.05, 4.69) is 62.4 Å². The molecular formula is C20H22O2.